The van der Waals surface area contributed by atoms with Gasteiger partial charge in [0.15, 0.2) is 0 Å². The molecule has 0 aromatic heterocycles. The third-order valence-electron chi connectivity index (χ3n) is 5.35. The van der Waals surface area contributed by atoms with Crippen LogP contribution in [0.25, 0.3) is 0 Å². The van der Waals surface area contributed by atoms with Crippen molar-refractivity contribution in [3.05, 3.63) is 0 Å². The molecule has 0 aromatic carbocycles. The van der Waals surface area contributed by atoms with Crippen LogP contribution in [0.4, 0.5) is 0 Å². The molecule has 0 radical (unpaired) electrons. The zero-order valence-electron chi connectivity index (χ0n) is 18.6. The maximum Gasteiger partial charge on any atom is 0.322 e. The van der Waals surface area contributed by atoms with Crippen LogP contribution in [0, 0.1) is 11.8 Å². The summed E-state index contributed by atoms with van der Waals surface area (Å²) in [6.07, 6.45) is 2.97. The topological polar surface area (TPSA) is 177 Å². The number of nitrogens with two attached hydrogens (primary N) is 2. The van der Waals surface area contributed by atoms with Crippen molar-refractivity contribution >= 4 is 23.7 Å². The predicted molar refractivity (Wildman–Crippen MR) is 114 cm³/mol. The summed E-state index contributed by atoms with van der Waals surface area (Å²) >= 11 is 0. The minimum absolute atomic E-state index is 0.0487. The predicted octanol–water partition coefficient (Wildman–Crippen LogP) is -0.295. The normalized spacial score (nSPS) is 15.9. The van der Waals surface area contributed by atoms with Gasteiger partial charge in [-0.15, -0.1) is 0 Å². The van der Waals surface area contributed by atoms with Gasteiger partial charge in [-0.05, 0) is 37.6 Å². The van der Waals surface area contributed by atoms with Crippen LogP contribution in [0.15, 0.2) is 0 Å². The number of carboxylic acids is 1. The third-order valence-corrected chi connectivity index (χ3v) is 5.35. The quantitative estimate of drug-likeness (QED) is 0.194. The Morgan fingerprint density at radius 2 is 1.50 bits per heavy atom. The molecule has 10 heteroatoms. The number of nitrogens with one attached hydrogen (secondary N) is 3. The summed E-state index contributed by atoms with van der Waals surface area (Å²) in [4.78, 5) is 48.6. The number of carbonyl (C=O) groups excluding carboxylic acids is 3. The zero-order chi connectivity index (χ0) is 23.3. The summed E-state index contributed by atoms with van der Waals surface area (Å²) in [5, 5.41) is 16.4. The average molecular weight is 430 g/mol. The van der Waals surface area contributed by atoms with E-state index in [9.17, 15) is 19.2 Å². The molecule has 5 atom stereocenters. The van der Waals surface area contributed by atoms with Crippen molar-refractivity contribution in [3.8, 4) is 0 Å². The molecule has 0 saturated heterocycles. The number of hydrogen-bond acceptors (Lipinski definition) is 6. The highest BCUT2D eigenvalue weighted by atomic mass is 16.4. The van der Waals surface area contributed by atoms with Gasteiger partial charge in [-0.25, -0.2) is 0 Å². The van der Waals surface area contributed by atoms with Crippen molar-refractivity contribution in [2.45, 2.75) is 77.9 Å². The van der Waals surface area contributed by atoms with Gasteiger partial charge in [0, 0.05) is 0 Å². The van der Waals surface area contributed by atoms with Crippen LogP contribution >= 0.6 is 0 Å². The first-order valence-electron chi connectivity index (χ1n) is 10.6. The van der Waals surface area contributed by atoms with Gasteiger partial charge >= 0.3 is 5.97 Å². The standard InChI is InChI=1S/C20H39N5O5/c1-5-12(3)16(22)19(29)24-14(9-7-8-10-21)18(28)25-17(13(4)6-2)20(30)23-11-15(26)27/h12-14,16-17H,5-11,21-22H2,1-4H3,(H,23,30)(H,24,29)(H,25,28)(H,26,27). The number of unbranched alkanes of at least 4 members (excludes halogenated alkanes) is 1. The Kier molecular flexibility index (Phi) is 13.7. The van der Waals surface area contributed by atoms with E-state index in [1.807, 2.05) is 20.8 Å². The molecule has 0 bridgehead atoms. The number of carbonyl (C=O) groups is 4. The fraction of sp³-hybridized carbons (Fsp3) is 0.800. The van der Waals surface area contributed by atoms with Crippen LogP contribution in [0.1, 0.15) is 59.8 Å². The first kappa shape index (κ1) is 27.8. The second kappa shape index (κ2) is 14.7. The average Bonchev–Trinajstić information content (AvgIpc) is 2.72. The number of amides is 3. The maximum absolute atomic E-state index is 12.9. The molecular weight excluding hydrogens is 390 g/mol. The summed E-state index contributed by atoms with van der Waals surface area (Å²) in [5.74, 6) is -2.97. The largest absolute Gasteiger partial charge is 0.480 e. The first-order valence-corrected chi connectivity index (χ1v) is 10.6. The van der Waals surface area contributed by atoms with E-state index in [0.717, 1.165) is 6.42 Å². The molecule has 0 rings (SSSR count). The molecule has 0 aliphatic carbocycles. The first-order chi connectivity index (χ1) is 14.1. The van der Waals surface area contributed by atoms with E-state index >= 15 is 0 Å². The molecule has 174 valence electrons. The van der Waals surface area contributed by atoms with Gasteiger partial charge in [-0.2, -0.15) is 0 Å². The highest BCUT2D eigenvalue weighted by molar-refractivity contribution is 5.93. The number of hydrogen-bond donors (Lipinski definition) is 6. The molecule has 0 fully saturated rings. The van der Waals surface area contributed by atoms with Crippen molar-refractivity contribution in [1.29, 1.82) is 0 Å². The van der Waals surface area contributed by atoms with Crippen LogP contribution in [-0.2, 0) is 19.2 Å². The van der Waals surface area contributed by atoms with E-state index in [2.05, 4.69) is 16.0 Å². The van der Waals surface area contributed by atoms with E-state index in [1.54, 1.807) is 6.92 Å². The lowest BCUT2D eigenvalue weighted by atomic mass is 9.96. The summed E-state index contributed by atoms with van der Waals surface area (Å²) < 4.78 is 0. The Bertz CT molecular complexity index is 572. The molecule has 0 aliphatic rings. The Morgan fingerprint density at radius 3 is 2.00 bits per heavy atom. The molecule has 0 aliphatic heterocycles. The molecule has 3 amide bonds. The molecule has 0 aromatic rings. The minimum atomic E-state index is -1.18. The van der Waals surface area contributed by atoms with Crippen LogP contribution in [0.3, 0.4) is 0 Å². The Morgan fingerprint density at radius 1 is 0.900 bits per heavy atom. The van der Waals surface area contributed by atoms with E-state index in [4.69, 9.17) is 16.6 Å². The highest BCUT2D eigenvalue weighted by Crippen LogP contribution is 2.11. The molecule has 0 saturated carbocycles. The van der Waals surface area contributed by atoms with Gasteiger partial charge in [0.2, 0.25) is 17.7 Å². The fourth-order valence-electron chi connectivity index (χ4n) is 2.77. The summed E-state index contributed by atoms with van der Waals surface area (Å²) in [7, 11) is 0. The van der Waals surface area contributed by atoms with Crippen molar-refractivity contribution in [2.24, 2.45) is 23.3 Å². The fourth-order valence-corrected chi connectivity index (χ4v) is 2.77. The minimum Gasteiger partial charge on any atom is -0.480 e. The number of rotatable bonds is 15. The van der Waals surface area contributed by atoms with Crippen molar-refractivity contribution in [1.82, 2.24) is 16.0 Å². The van der Waals surface area contributed by atoms with Gasteiger partial charge < -0.3 is 32.5 Å². The lowest BCUT2D eigenvalue weighted by molar-refractivity contribution is -0.139. The second-order valence-corrected chi connectivity index (χ2v) is 7.74. The summed E-state index contributed by atoms with van der Waals surface area (Å²) in [6, 6.07) is -2.53. The van der Waals surface area contributed by atoms with Crippen molar-refractivity contribution in [2.75, 3.05) is 13.1 Å². The van der Waals surface area contributed by atoms with Crippen LogP contribution in [0.2, 0.25) is 0 Å². The van der Waals surface area contributed by atoms with E-state index in [-0.39, 0.29) is 11.8 Å². The Hall–Kier alpha value is -2.20. The lowest BCUT2D eigenvalue weighted by Gasteiger charge is -2.27. The van der Waals surface area contributed by atoms with Crippen molar-refractivity contribution < 1.29 is 24.3 Å². The SMILES string of the molecule is CCC(C)C(N)C(=O)NC(CCCCN)C(=O)NC(C(=O)NCC(=O)O)C(C)CC. The molecule has 0 heterocycles. The van der Waals surface area contributed by atoms with E-state index in [1.165, 1.54) is 0 Å². The van der Waals surface area contributed by atoms with E-state index < -0.39 is 48.4 Å². The number of aliphatic carboxylic acids is 1. The zero-order valence-corrected chi connectivity index (χ0v) is 18.6. The van der Waals surface area contributed by atoms with Crippen LogP contribution in [0.5, 0.6) is 0 Å². The second-order valence-electron chi connectivity index (χ2n) is 7.74. The van der Waals surface area contributed by atoms with Gasteiger partial charge in [0.25, 0.3) is 0 Å². The van der Waals surface area contributed by atoms with Crippen molar-refractivity contribution in [3.63, 3.8) is 0 Å². The van der Waals surface area contributed by atoms with Crippen LogP contribution in [-0.4, -0.2) is 60.0 Å². The molecule has 30 heavy (non-hydrogen) atoms. The molecular formula is C20H39N5O5. The van der Waals surface area contributed by atoms with Gasteiger partial charge in [-0.1, -0.05) is 40.5 Å². The monoisotopic (exact) mass is 429 g/mol. The summed E-state index contributed by atoms with van der Waals surface area (Å²) in [6.45, 7) is 7.35. The van der Waals surface area contributed by atoms with E-state index in [0.29, 0.717) is 32.2 Å². The molecule has 8 N–H and O–H groups in total. The molecule has 0 spiro atoms. The van der Waals surface area contributed by atoms with Crippen LogP contribution < -0.4 is 27.4 Å². The molecule has 10 nitrogen and oxygen atoms in total. The summed E-state index contributed by atoms with van der Waals surface area (Å²) in [5.41, 5.74) is 11.5. The highest BCUT2D eigenvalue weighted by Gasteiger charge is 2.31. The van der Waals surface area contributed by atoms with Gasteiger partial charge in [0.1, 0.15) is 18.6 Å². The third kappa shape index (κ3) is 10.0. The lowest BCUT2D eigenvalue weighted by Crippen LogP contribution is -2.58. The smallest absolute Gasteiger partial charge is 0.322 e. The van der Waals surface area contributed by atoms with Gasteiger partial charge in [-0.3, -0.25) is 19.2 Å². The van der Waals surface area contributed by atoms with Gasteiger partial charge in [0.05, 0.1) is 6.04 Å². The Balaban J connectivity index is 5.33. The Labute approximate surface area is 178 Å². The molecule has 5 unspecified atom stereocenters. The number of carboxylic acid groups (broad SMARTS) is 1. The maximum atomic E-state index is 12.9.